The van der Waals surface area contributed by atoms with Gasteiger partial charge in [0.15, 0.2) is 11.4 Å². The van der Waals surface area contributed by atoms with E-state index in [-0.39, 0.29) is 5.92 Å². The van der Waals surface area contributed by atoms with E-state index in [0.717, 1.165) is 52.2 Å². The molecule has 0 aliphatic carbocycles. The van der Waals surface area contributed by atoms with E-state index in [9.17, 15) is 0 Å². The quantitative estimate of drug-likeness (QED) is 0.314. The van der Waals surface area contributed by atoms with Crippen LogP contribution in [0, 0.1) is 18.3 Å². The minimum Gasteiger partial charge on any atom is -0.493 e. The van der Waals surface area contributed by atoms with E-state index in [1.807, 2.05) is 12.3 Å². The number of nitrogens with zero attached hydrogens (tertiary/aromatic N) is 7. The molecule has 2 saturated heterocycles. The summed E-state index contributed by atoms with van der Waals surface area (Å²) in [7, 11) is 1.65. The summed E-state index contributed by atoms with van der Waals surface area (Å²) in [5.41, 5.74) is 6.26. The van der Waals surface area contributed by atoms with Gasteiger partial charge in [-0.25, -0.2) is 14.5 Å². The van der Waals surface area contributed by atoms with Gasteiger partial charge in [0.2, 0.25) is 0 Å². The van der Waals surface area contributed by atoms with Crippen LogP contribution in [0.15, 0.2) is 18.6 Å². The molecule has 0 radical (unpaired) electrons. The number of hydrogen-bond donors (Lipinski definition) is 1. The molecule has 2 aliphatic heterocycles. The Bertz CT molecular complexity index is 1430. The molecule has 0 aromatic carbocycles. The maximum Gasteiger partial charge on any atom is 0.197 e. The Balaban J connectivity index is 1.23. The van der Waals surface area contributed by atoms with Crippen molar-refractivity contribution in [1.82, 2.24) is 34.7 Å². The Labute approximate surface area is 228 Å². The largest absolute Gasteiger partial charge is 0.493 e. The average molecular weight is 535 g/mol. The summed E-state index contributed by atoms with van der Waals surface area (Å²) >= 11 is 1.78. The first-order valence-electron chi connectivity index (χ1n) is 13.8. The summed E-state index contributed by atoms with van der Waals surface area (Å²) in [5.74, 6) is 1.77. The third-order valence-electron chi connectivity index (χ3n) is 8.33. The van der Waals surface area contributed by atoms with Crippen LogP contribution in [0.5, 0.6) is 5.75 Å². The van der Waals surface area contributed by atoms with Gasteiger partial charge in [-0.05, 0) is 24.8 Å². The number of H-pyrrole nitrogens is 1. The molecule has 0 unspecified atom stereocenters. The molecule has 6 rings (SSSR count). The highest BCUT2D eigenvalue weighted by Gasteiger charge is 2.52. The third kappa shape index (κ3) is 4.18. The van der Waals surface area contributed by atoms with Crippen molar-refractivity contribution >= 4 is 22.0 Å². The second-order valence-corrected chi connectivity index (χ2v) is 12.4. The van der Waals surface area contributed by atoms with Gasteiger partial charge in [0.25, 0.3) is 0 Å². The molecule has 0 saturated carbocycles. The zero-order valence-corrected chi connectivity index (χ0v) is 24.1. The highest BCUT2D eigenvalue weighted by Crippen LogP contribution is 2.47. The van der Waals surface area contributed by atoms with Crippen molar-refractivity contribution in [1.29, 1.82) is 0 Å². The van der Waals surface area contributed by atoms with Gasteiger partial charge in [0.05, 0.1) is 24.2 Å². The normalized spacial score (nSPS) is 17.1. The second kappa shape index (κ2) is 9.64. The standard InChI is InChI=1S/C28H38N8OS/c1-7-19(8-2)10-34-12-28(13-34)14-35(15-28)27-18(5)31-26(38-27)24-22(17(3)4)23(32-33-24)20-9-21(37-6)25-29-16-30-36(25)11-20/h9,11,16-17,19H,7-8,10,12-15H2,1-6H3,(H,32,33). The number of likely N-dealkylation sites (tertiary alicyclic amines) is 1. The van der Waals surface area contributed by atoms with Crippen LogP contribution >= 0.6 is 11.3 Å². The van der Waals surface area contributed by atoms with Crippen molar-refractivity contribution in [2.75, 3.05) is 44.7 Å². The number of aromatic nitrogens is 6. The number of methoxy groups -OCH3 is 1. The molecule has 9 nitrogen and oxygen atoms in total. The summed E-state index contributed by atoms with van der Waals surface area (Å²) in [6.07, 6.45) is 6.06. The summed E-state index contributed by atoms with van der Waals surface area (Å²) in [6, 6.07) is 1.99. The zero-order chi connectivity index (χ0) is 26.6. The van der Waals surface area contributed by atoms with E-state index in [4.69, 9.17) is 14.8 Å². The Morgan fingerprint density at radius 2 is 1.92 bits per heavy atom. The Kier molecular flexibility index (Phi) is 6.42. The molecule has 202 valence electrons. The fourth-order valence-electron chi connectivity index (χ4n) is 6.31. The Hall–Kier alpha value is -2.98. The van der Waals surface area contributed by atoms with Crippen LogP contribution in [-0.2, 0) is 0 Å². The number of nitrogens with one attached hydrogen (secondary N) is 1. The lowest BCUT2D eigenvalue weighted by atomic mass is 9.72. The zero-order valence-electron chi connectivity index (χ0n) is 23.3. The van der Waals surface area contributed by atoms with Crippen molar-refractivity contribution in [3.8, 4) is 27.7 Å². The van der Waals surface area contributed by atoms with Crippen molar-refractivity contribution in [2.24, 2.45) is 11.3 Å². The number of hydrogen-bond acceptors (Lipinski definition) is 8. The first-order valence-corrected chi connectivity index (χ1v) is 14.6. The molecule has 0 amide bonds. The van der Waals surface area contributed by atoms with Crippen LogP contribution in [0.25, 0.3) is 27.6 Å². The van der Waals surface area contributed by atoms with Crippen LogP contribution in [0.2, 0.25) is 0 Å². The van der Waals surface area contributed by atoms with E-state index in [1.54, 1.807) is 23.0 Å². The van der Waals surface area contributed by atoms with E-state index in [0.29, 0.717) is 16.8 Å². The number of pyridine rings is 1. The highest BCUT2D eigenvalue weighted by molar-refractivity contribution is 7.19. The maximum absolute atomic E-state index is 5.59. The fourth-order valence-corrected chi connectivity index (χ4v) is 7.39. The van der Waals surface area contributed by atoms with Crippen LogP contribution < -0.4 is 9.64 Å². The van der Waals surface area contributed by atoms with E-state index < -0.39 is 0 Å². The molecule has 38 heavy (non-hydrogen) atoms. The molecule has 6 heterocycles. The predicted octanol–water partition coefficient (Wildman–Crippen LogP) is 5.24. The lowest BCUT2D eigenvalue weighted by Gasteiger charge is -2.61. The molecule has 0 bridgehead atoms. The molecular weight excluding hydrogens is 496 g/mol. The molecule has 2 aliphatic rings. The van der Waals surface area contributed by atoms with Gasteiger partial charge in [-0.3, -0.25) is 5.10 Å². The summed E-state index contributed by atoms with van der Waals surface area (Å²) in [5, 5.41) is 14.7. The Morgan fingerprint density at radius 1 is 1.16 bits per heavy atom. The smallest absolute Gasteiger partial charge is 0.197 e. The van der Waals surface area contributed by atoms with Crippen molar-refractivity contribution in [3.05, 3.63) is 29.8 Å². The summed E-state index contributed by atoms with van der Waals surface area (Å²) < 4.78 is 7.33. The van der Waals surface area contributed by atoms with Gasteiger partial charge in [0.1, 0.15) is 16.3 Å². The average Bonchev–Trinajstić information content (AvgIpc) is 3.59. The molecule has 1 spiro atoms. The Morgan fingerprint density at radius 3 is 2.61 bits per heavy atom. The van der Waals surface area contributed by atoms with E-state index in [1.165, 1.54) is 43.8 Å². The number of anilines is 1. The molecular formula is C28H38N8OS. The molecule has 4 aromatic heterocycles. The van der Waals surface area contributed by atoms with Crippen molar-refractivity contribution in [2.45, 2.75) is 53.4 Å². The number of rotatable bonds is 9. The monoisotopic (exact) mass is 534 g/mol. The minimum absolute atomic E-state index is 0.257. The highest BCUT2D eigenvalue weighted by atomic mass is 32.1. The summed E-state index contributed by atoms with van der Waals surface area (Å²) in [6.45, 7) is 17.2. The fraction of sp³-hybridized carbons (Fsp3) is 0.571. The van der Waals surface area contributed by atoms with Crippen LogP contribution in [0.4, 0.5) is 5.00 Å². The van der Waals surface area contributed by atoms with Crippen LogP contribution in [-0.4, -0.2) is 74.5 Å². The topological polar surface area (TPSA) is 87.5 Å². The minimum atomic E-state index is 0.257. The first kappa shape index (κ1) is 25.3. The SMILES string of the molecule is CCC(CC)CN1CC2(C1)CN(c1sc(-c3[nH]nc(-c4cc(OC)c5ncnn5c4)c3C(C)C)nc1C)C2. The lowest BCUT2D eigenvalue weighted by molar-refractivity contribution is -0.0309. The van der Waals surface area contributed by atoms with Gasteiger partial charge in [0, 0.05) is 55.5 Å². The van der Waals surface area contributed by atoms with E-state index in [2.05, 4.69) is 59.6 Å². The molecule has 10 heteroatoms. The van der Waals surface area contributed by atoms with Gasteiger partial charge in [-0.2, -0.15) is 10.2 Å². The molecule has 0 atom stereocenters. The number of fused-ring (bicyclic) bond motifs is 1. The number of aromatic amines is 1. The van der Waals surface area contributed by atoms with Gasteiger partial charge >= 0.3 is 0 Å². The summed E-state index contributed by atoms with van der Waals surface area (Å²) in [4.78, 5) is 14.5. The van der Waals surface area contributed by atoms with Crippen molar-refractivity contribution in [3.63, 3.8) is 0 Å². The van der Waals surface area contributed by atoms with Gasteiger partial charge < -0.3 is 14.5 Å². The van der Waals surface area contributed by atoms with Gasteiger partial charge in [-0.1, -0.05) is 51.9 Å². The second-order valence-electron chi connectivity index (χ2n) is 11.5. The maximum atomic E-state index is 5.59. The predicted molar refractivity (Wildman–Crippen MR) is 152 cm³/mol. The lowest BCUT2D eigenvalue weighted by Crippen LogP contribution is -2.72. The first-order chi connectivity index (χ1) is 18.3. The number of ether oxygens (including phenoxy) is 1. The molecule has 1 N–H and O–H groups in total. The number of aryl methyl sites for hydroxylation is 1. The third-order valence-corrected chi connectivity index (χ3v) is 9.57. The van der Waals surface area contributed by atoms with Crippen LogP contribution in [0.1, 0.15) is 57.7 Å². The molecule has 4 aromatic rings. The van der Waals surface area contributed by atoms with Crippen molar-refractivity contribution < 1.29 is 4.74 Å². The molecule has 2 fully saturated rings. The van der Waals surface area contributed by atoms with Gasteiger partial charge in [-0.15, -0.1) is 0 Å². The van der Waals surface area contributed by atoms with E-state index >= 15 is 0 Å². The van der Waals surface area contributed by atoms with Crippen LogP contribution in [0.3, 0.4) is 0 Å². The number of thiazole rings is 1.